The van der Waals surface area contributed by atoms with Crippen LogP contribution in [0.3, 0.4) is 0 Å². The summed E-state index contributed by atoms with van der Waals surface area (Å²) >= 11 is 6.79. The molecule has 0 saturated carbocycles. The van der Waals surface area contributed by atoms with Crippen molar-refractivity contribution < 1.29 is 18.0 Å². The molecule has 0 bridgehead atoms. The maximum atomic E-state index is 13.8. The molecule has 3 aromatic rings. The van der Waals surface area contributed by atoms with E-state index < -0.39 is 28.5 Å². The van der Waals surface area contributed by atoms with Gasteiger partial charge in [-0.2, -0.15) is 0 Å². The molecule has 1 unspecified atom stereocenters. The molecular formula is C28H31Br2N3O4S. The van der Waals surface area contributed by atoms with Crippen LogP contribution in [-0.4, -0.2) is 44.3 Å². The van der Waals surface area contributed by atoms with E-state index in [4.69, 9.17) is 0 Å². The minimum absolute atomic E-state index is 0.0675. The molecule has 10 heteroatoms. The lowest BCUT2D eigenvalue weighted by molar-refractivity contribution is -0.139. The lowest BCUT2D eigenvalue weighted by Gasteiger charge is -2.32. The van der Waals surface area contributed by atoms with Crippen LogP contribution in [-0.2, 0) is 26.2 Å². The normalized spacial score (nSPS) is 12.2. The maximum Gasteiger partial charge on any atom is 0.264 e. The van der Waals surface area contributed by atoms with Crippen molar-refractivity contribution in [1.82, 2.24) is 10.2 Å². The van der Waals surface area contributed by atoms with Gasteiger partial charge in [-0.25, -0.2) is 8.42 Å². The monoisotopic (exact) mass is 663 g/mol. The molecule has 202 valence electrons. The first-order valence-electron chi connectivity index (χ1n) is 12.1. The number of rotatable bonds is 11. The summed E-state index contributed by atoms with van der Waals surface area (Å²) in [6, 6.07) is 21.3. The Balaban J connectivity index is 1.98. The van der Waals surface area contributed by atoms with Gasteiger partial charge in [0.2, 0.25) is 11.8 Å². The molecule has 1 atom stereocenters. The first-order chi connectivity index (χ1) is 18.0. The van der Waals surface area contributed by atoms with Crippen molar-refractivity contribution in [3.8, 4) is 0 Å². The Kier molecular flexibility index (Phi) is 10.5. The molecule has 3 aromatic carbocycles. The summed E-state index contributed by atoms with van der Waals surface area (Å²) < 4.78 is 30.2. The van der Waals surface area contributed by atoms with Gasteiger partial charge in [-0.1, -0.05) is 76.0 Å². The Morgan fingerprint density at radius 1 is 0.842 bits per heavy atom. The van der Waals surface area contributed by atoms with Gasteiger partial charge in [0.05, 0.1) is 10.6 Å². The second-order valence-corrected chi connectivity index (χ2v) is 13.0. The van der Waals surface area contributed by atoms with Crippen molar-refractivity contribution >= 4 is 59.4 Å². The summed E-state index contributed by atoms with van der Waals surface area (Å²) in [5, 5.41) is 2.88. The fraction of sp³-hybridized carbons (Fsp3) is 0.286. The number of amides is 2. The van der Waals surface area contributed by atoms with Crippen molar-refractivity contribution in [1.29, 1.82) is 0 Å². The highest BCUT2D eigenvalue weighted by Crippen LogP contribution is 2.26. The van der Waals surface area contributed by atoms with Crippen LogP contribution in [0.1, 0.15) is 26.3 Å². The van der Waals surface area contributed by atoms with Crippen LogP contribution < -0.4 is 9.62 Å². The fourth-order valence-electron chi connectivity index (χ4n) is 3.68. The summed E-state index contributed by atoms with van der Waals surface area (Å²) in [7, 11) is -4.08. The molecule has 0 aliphatic rings. The number of benzene rings is 3. The minimum Gasteiger partial charge on any atom is -0.354 e. The number of nitrogens with one attached hydrogen (secondary N) is 1. The molecule has 7 nitrogen and oxygen atoms in total. The van der Waals surface area contributed by atoms with Crippen molar-refractivity contribution in [2.75, 3.05) is 17.4 Å². The van der Waals surface area contributed by atoms with Crippen LogP contribution >= 0.6 is 31.9 Å². The highest BCUT2D eigenvalue weighted by molar-refractivity contribution is 9.10. The van der Waals surface area contributed by atoms with E-state index >= 15 is 0 Å². The Morgan fingerprint density at radius 3 is 1.95 bits per heavy atom. The summed E-state index contributed by atoms with van der Waals surface area (Å²) in [5.74, 6) is -0.557. The first kappa shape index (κ1) is 29.9. The molecule has 0 aliphatic heterocycles. The standard InChI is InChI=1S/C28H31Br2N3O4S/c1-20(2)17-31-28(35)21(3)32(18-22-9-11-23(29)12-10-22)27(34)19-33(25-15-13-24(30)14-16-25)38(36,37)26-7-5-4-6-8-26/h4-16,20-21H,17-19H2,1-3H3,(H,31,35). The van der Waals surface area contributed by atoms with E-state index in [2.05, 4.69) is 37.2 Å². The van der Waals surface area contributed by atoms with E-state index in [1.54, 1.807) is 49.4 Å². The zero-order chi connectivity index (χ0) is 27.9. The molecule has 0 saturated heterocycles. The van der Waals surface area contributed by atoms with Crippen molar-refractivity contribution in [3.05, 3.63) is 93.4 Å². The van der Waals surface area contributed by atoms with Crippen LogP contribution in [0.2, 0.25) is 0 Å². The van der Waals surface area contributed by atoms with Crippen molar-refractivity contribution in [3.63, 3.8) is 0 Å². The van der Waals surface area contributed by atoms with Crippen LogP contribution in [0.4, 0.5) is 5.69 Å². The second-order valence-electron chi connectivity index (χ2n) is 9.26. The van der Waals surface area contributed by atoms with Gasteiger partial charge in [0, 0.05) is 22.0 Å². The third-order valence-electron chi connectivity index (χ3n) is 5.84. The summed E-state index contributed by atoms with van der Waals surface area (Å²) in [6.45, 7) is 5.76. The molecule has 38 heavy (non-hydrogen) atoms. The molecule has 0 aromatic heterocycles. The number of hydrogen-bond donors (Lipinski definition) is 1. The molecule has 0 fully saturated rings. The minimum atomic E-state index is -4.08. The van der Waals surface area contributed by atoms with E-state index in [9.17, 15) is 18.0 Å². The number of anilines is 1. The number of carbonyl (C=O) groups is 2. The lowest BCUT2D eigenvalue weighted by atomic mass is 10.1. The molecule has 2 amide bonds. The number of nitrogens with zero attached hydrogens (tertiary/aromatic N) is 2. The Labute approximate surface area is 241 Å². The third kappa shape index (κ3) is 7.91. The number of hydrogen-bond acceptors (Lipinski definition) is 4. The Morgan fingerprint density at radius 2 is 1.39 bits per heavy atom. The van der Waals surface area contributed by atoms with Gasteiger partial charge < -0.3 is 10.2 Å². The molecular weight excluding hydrogens is 634 g/mol. The lowest BCUT2D eigenvalue weighted by Crippen LogP contribution is -2.51. The number of sulfonamides is 1. The molecule has 0 heterocycles. The average Bonchev–Trinajstić information content (AvgIpc) is 2.90. The fourth-order valence-corrected chi connectivity index (χ4v) is 5.64. The van der Waals surface area contributed by atoms with Crippen LogP contribution in [0.5, 0.6) is 0 Å². The van der Waals surface area contributed by atoms with Crippen molar-refractivity contribution in [2.45, 2.75) is 38.3 Å². The topological polar surface area (TPSA) is 86.8 Å². The molecule has 3 rings (SSSR count). The van der Waals surface area contributed by atoms with Crippen LogP contribution in [0.25, 0.3) is 0 Å². The smallest absolute Gasteiger partial charge is 0.264 e. The first-order valence-corrected chi connectivity index (χ1v) is 15.2. The highest BCUT2D eigenvalue weighted by Gasteiger charge is 2.32. The van der Waals surface area contributed by atoms with E-state index in [0.717, 1.165) is 18.8 Å². The van der Waals surface area contributed by atoms with E-state index in [0.29, 0.717) is 12.2 Å². The molecule has 0 aliphatic carbocycles. The van der Waals surface area contributed by atoms with Gasteiger partial charge in [-0.15, -0.1) is 0 Å². The highest BCUT2D eigenvalue weighted by atomic mass is 79.9. The van der Waals surface area contributed by atoms with Gasteiger partial charge in [0.15, 0.2) is 0 Å². The predicted molar refractivity (Wildman–Crippen MR) is 157 cm³/mol. The zero-order valence-corrected chi connectivity index (χ0v) is 25.5. The summed E-state index contributed by atoms with van der Waals surface area (Å²) in [5.41, 5.74) is 1.15. The summed E-state index contributed by atoms with van der Waals surface area (Å²) in [4.78, 5) is 28.3. The van der Waals surface area contributed by atoms with E-state index in [1.165, 1.54) is 17.0 Å². The molecule has 0 radical (unpaired) electrons. The SMILES string of the molecule is CC(C)CNC(=O)C(C)N(Cc1ccc(Br)cc1)C(=O)CN(c1ccc(Br)cc1)S(=O)(=O)c1ccccc1. The number of carbonyl (C=O) groups excluding carboxylic acids is 2. The Bertz CT molecular complexity index is 1330. The Hall–Kier alpha value is -2.69. The van der Waals surface area contributed by atoms with E-state index in [-0.39, 0.29) is 23.3 Å². The van der Waals surface area contributed by atoms with Crippen LogP contribution in [0, 0.1) is 5.92 Å². The second kappa shape index (κ2) is 13.4. The largest absolute Gasteiger partial charge is 0.354 e. The van der Waals surface area contributed by atoms with Gasteiger partial charge in [0.25, 0.3) is 10.0 Å². The summed E-state index contributed by atoms with van der Waals surface area (Å²) in [6.07, 6.45) is 0. The van der Waals surface area contributed by atoms with Gasteiger partial charge >= 0.3 is 0 Å². The molecule has 1 N–H and O–H groups in total. The number of halogens is 2. The zero-order valence-electron chi connectivity index (χ0n) is 21.5. The quantitative estimate of drug-likeness (QED) is 0.289. The van der Waals surface area contributed by atoms with Crippen LogP contribution in [0.15, 0.2) is 92.7 Å². The predicted octanol–water partition coefficient (Wildman–Crippen LogP) is 5.60. The van der Waals surface area contributed by atoms with Crippen molar-refractivity contribution in [2.24, 2.45) is 5.92 Å². The average molecular weight is 665 g/mol. The van der Waals surface area contributed by atoms with E-state index in [1.807, 2.05) is 38.1 Å². The third-order valence-corrected chi connectivity index (χ3v) is 8.69. The van der Waals surface area contributed by atoms with Gasteiger partial charge in [-0.3, -0.25) is 13.9 Å². The van der Waals surface area contributed by atoms with Gasteiger partial charge in [0.1, 0.15) is 12.6 Å². The van der Waals surface area contributed by atoms with Gasteiger partial charge in [-0.05, 0) is 66.9 Å². The molecule has 0 spiro atoms. The maximum absolute atomic E-state index is 13.8.